The Bertz CT molecular complexity index is 2640. The lowest BCUT2D eigenvalue weighted by molar-refractivity contribution is -0.133. The van der Waals surface area contributed by atoms with Gasteiger partial charge in [0.25, 0.3) is 0 Å². The zero-order chi connectivity index (χ0) is 45.8. The smallest absolute Gasteiger partial charge is 0.249 e. The zero-order valence-electron chi connectivity index (χ0n) is 37.8. The van der Waals surface area contributed by atoms with Gasteiger partial charge in [-0.25, -0.2) is 4.98 Å². The number of aryl methyl sites for hydroxylation is 2. The van der Waals surface area contributed by atoms with Crippen LogP contribution in [0.25, 0.3) is 10.9 Å². The van der Waals surface area contributed by atoms with Crippen molar-refractivity contribution in [2.24, 2.45) is 0 Å². The predicted octanol–water partition coefficient (Wildman–Crippen LogP) is 7.45. The van der Waals surface area contributed by atoms with E-state index in [-0.39, 0.29) is 11.8 Å². The first-order valence-electron chi connectivity index (χ1n) is 22.5. The van der Waals surface area contributed by atoms with E-state index in [2.05, 4.69) is 87.0 Å². The number of carbonyl (C=O) groups is 2. The van der Waals surface area contributed by atoms with Gasteiger partial charge in [0.15, 0.2) is 0 Å². The Labute approximate surface area is 389 Å². The van der Waals surface area contributed by atoms with Crippen molar-refractivity contribution in [1.82, 2.24) is 30.1 Å². The highest BCUT2D eigenvalue weighted by Gasteiger charge is 2.30. The molecule has 3 aliphatic rings. The van der Waals surface area contributed by atoms with Crippen LogP contribution in [0, 0.1) is 12.3 Å². The Morgan fingerprint density at radius 1 is 0.938 bits per heavy atom. The van der Waals surface area contributed by atoms with Gasteiger partial charge >= 0.3 is 0 Å². The molecule has 2 amide bonds. The molecule has 0 bridgehead atoms. The number of halogens is 1. The van der Waals surface area contributed by atoms with E-state index in [1.165, 1.54) is 17.5 Å². The van der Waals surface area contributed by atoms with E-state index in [4.69, 9.17) is 15.1 Å². The largest absolute Gasteiger partial charge is 0.494 e. The fourth-order valence-electron chi connectivity index (χ4n) is 9.44. The summed E-state index contributed by atoms with van der Waals surface area (Å²) in [4.78, 5) is 45.8. The van der Waals surface area contributed by atoms with Crippen molar-refractivity contribution in [1.29, 1.82) is 5.41 Å². The summed E-state index contributed by atoms with van der Waals surface area (Å²) in [5.41, 5.74) is 8.22. The highest BCUT2D eigenvalue weighted by atomic mass is 79.9. The van der Waals surface area contributed by atoms with Crippen molar-refractivity contribution < 1.29 is 18.9 Å². The molecule has 2 aromatic heterocycles. The summed E-state index contributed by atoms with van der Waals surface area (Å²) >= 11 is 3.62. The number of piperazine rings is 1. The van der Waals surface area contributed by atoms with Crippen LogP contribution in [0.4, 0.5) is 34.5 Å². The average Bonchev–Trinajstić information content (AvgIpc) is 3.30. The molecule has 17 heteroatoms. The molecule has 1 atom stereocenters. The third-order valence-corrected chi connectivity index (χ3v) is 15.0. The predicted molar refractivity (Wildman–Crippen MR) is 265 cm³/mol. The lowest BCUT2D eigenvalue weighted by Crippen LogP contribution is -2.53. The van der Waals surface area contributed by atoms with Crippen LogP contribution in [-0.2, 0) is 27.0 Å². The van der Waals surface area contributed by atoms with Gasteiger partial charge in [0.05, 0.1) is 28.5 Å². The van der Waals surface area contributed by atoms with Crippen molar-refractivity contribution in [3.05, 3.63) is 87.7 Å². The van der Waals surface area contributed by atoms with Crippen LogP contribution in [0.3, 0.4) is 0 Å². The molecule has 0 saturated carbocycles. The van der Waals surface area contributed by atoms with E-state index in [1.54, 1.807) is 26.6 Å². The Kier molecular flexibility index (Phi) is 14.2. The van der Waals surface area contributed by atoms with Crippen LogP contribution in [0.2, 0.25) is 0 Å². The van der Waals surface area contributed by atoms with Gasteiger partial charge in [0, 0.05) is 110 Å². The van der Waals surface area contributed by atoms with Gasteiger partial charge in [-0.1, -0.05) is 25.1 Å². The number of fused-ring (bicyclic) bond motifs is 1. The molecule has 15 nitrogen and oxygen atoms in total. The molecule has 5 aromatic rings. The number of pyridine rings is 1. The van der Waals surface area contributed by atoms with Gasteiger partial charge < -0.3 is 40.5 Å². The van der Waals surface area contributed by atoms with Crippen molar-refractivity contribution in [3.63, 3.8) is 0 Å². The number of methoxy groups -OCH3 is 1. The number of piperidine rings is 2. The second-order valence-corrected chi connectivity index (χ2v) is 21.5. The quantitative estimate of drug-likeness (QED) is 0.0397. The van der Waals surface area contributed by atoms with Crippen LogP contribution in [-0.4, -0.2) is 121 Å². The molecule has 5 N–H and O–H groups in total. The highest BCUT2D eigenvalue weighted by molar-refractivity contribution is 9.10. The topological polar surface area (TPSA) is 181 Å². The van der Waals surface area contributed by atoms with Crippen molar-refractivity contribution in [2.75, 3.05) is 87.1 Å². The number of carbonyl (C=O) groups excluding carboxylic acids is 2. The molecule has 3 aromatic carbocycles. The van der Waals surface area contributed by atoms with E-state index in [9.17, 15) is 14.2 Å². The van der Waals surface area contributed by atoms with Crippen LogP contribution < -0.4 is 36.2 Å². The Morgan fingerprint density at radius 3 is 2.43 bits per heavy atom. The normalized spacial score (nSPS) is 17.8. The van der Waals surface area contributed by atoms with Crippen molar-refractivity contribution in [2.45, 2.75) is 64.5 Å². The number of ether oxygens (including phenoxy) is 1. The Hall–Kier alpha value is -5.41. The highest BCUT2D eigenvalue weighted by Crippen LogP contribution is 2.42. The minimum Gasteiger partial charge on any atom is -0.494 e. The number of nitrogens with one attached hydrogen (secondary N) is 5. The number of imide groups is 1. The molecule has 5 heterocycles. The molecule has 342 valence electrons. The molecular formula is C48H59BrN11O4P. The lowest BCUT2D eigenvalue weighted by atomic mass is 9.99. The SMILES string of the molecule is CCc1cc(Nc2ncc(Br)c(Nc3ccc4nc(C)ccc4c3P(C)(C)=O)n2)c(OC)cc1N1CCC(N2CCN(CCc3cccc(NC4CCC(=O)NC4=O)c3C=N)CC2)CC1. The number of benzene rings is 3. The minimum atomic E-state index is -2.73. The first-order valence-corrected chi connectivity index (χ1v) is 25.9. The lowest BCUT2D eigenvalue weighted by Gasteiger charge is -2.43. The number of aromatic nitrogens is 3. The second-order valence-electron chi connectivity index (χ2n) is 17.5. The average molecular weight is 965 g/mol. The number of hydrogen-bond donors (Lipinski definition) is 5. The van der Waals surface area contributed by atoms with Gasteiger partial charge in [0.2, 0.25) is 17.8 Å². The zero-order valence-corrected chi connectivity index (χ0v) is 40.3. The second kappa shape index (κ2) is 20.0. The standard InChI is InChI=1S/C48H59BrN11O4P/c1-6-31-26-41(55-48-51-29-36(49)46(57-48)54-39-13-12-38-34(11-10-30(2)52-38)45(39)65(4,5)63)43(64-3)27-42(31)60-20-17-33(18-21-60)59-24-22-58(23-25-59)19-16-32-8-7-9-37(35(32)28-50)53-40-14-15-44(61)56-47(40)62/h7-13,26-29,33,40,50,53H,6,14-25H2,1-5H3,(H,56,61,62)(H2,51,54,55,57). The minimum absolute atomic E-state index is 0.240. The monoisotopic (exact) mass is 963 g/mol. The summed E-state index contributed by atoms with van der Waals surface area (Å²) in [6, 6.07) is 18.1. The molecule has 3 saturated heterocycles. The molecule has 0 spiro atoms. The van der Waals surface area contributed by atoms with Crippen LogP contribution in [0.15, 0.2) is 65.3 Å². The fourth-order valence-corrected chi connectivity index (χ4v) is 11.2. The van der Waals surface area contributed by atoms with E-state index in [1.807, 2.05) is 43.3 Å². The van der Waals surface area contributed by atoms with E-state index < -0.39 is 13.2 Å². The van der Waals surface area contributed by atoms with E-state index in [0.717, 1.165) is 116 Å². The van der Waals surface area contributed by atoms with Gasteiger partial charge in [-0.15, -0.1) is 0 Å². The van der Waals surface area contributed by atoms with E-state index in [0.29, 0.717) is 46.6 Å². The molecule has 0 radical (unpaired) electrons. The summed E-state index contributed by atoms with van der Waals surface area (Å²) in [6.45, 7) is 14.6. The number of hydrogen-bond acceptors (Lipinski definition) is 14. The van der Waals surface area contributed by atoms with Gasteiger partial charge in [-0.2, -0.15) is 4.98 Å². The third-order valence-electron chi connectivity index (χ3n) is 12.9. The summed E-state index contributed by atoms with van der Waals surface area (Å²) in [5.74, 6) is 1.08. The number of nitrogens with zero attached hydrogens (tertiary/aromatic N) is 6. The fraction of sp³-hybridized carbons (Fsp3) is 0.417. The molecule has 3 aliphatic heterocycles. The summed E-state index contributed by atoms with van der Waals surface area (Å²) in [5, 5.41) is 22.3. The van der Waals surface area contributed by atoms with E-state index >= 15 is 0 Å². The van der Waals surface area contributed by atoms with Crippen molar-refractivity contribution in [3.8, 4) is 5.75 Å². The molecule has 8 rings (SSSR count). The summed E-state index contributed by atoms with van der Waals surface area (Å²) in [7, 11) is -1.04. The Balaban J connectivity index is 0.871. The third kappa shape index (κ3) is 10.5. The first kappa shape index (κ1) is 46.1. The van der Waals surface area contributed by atoms with Gasteiger partial charge in [-0.05, 0) is 110 Å². The maximum Gasteiger partial charge on any atom is 0.249 e. The van der Waals surface area contributed by atoms with Crippen LogP contribution in [0.5, 0.6) is 5.75 Å². The van der Waals surface area contributed by atoms with Crippen molar-refractivity contribution >= 4 is 91.8 Å². The molecule has 65 heavy (non-hydrogen) atoms. The number of rotatable bonds is 15. The molecule has 0 aliphatic carbocycles. The number of amides is 2. The maximum absolute atomic E-state index is 13.7. The molecule has 3 fully saturated rings. The molecule has 1 unspecified atom stereocenters. The van der Waals surface area contributed by atoms with Gasteiger partial charge in [0.1, 0.15) is 24.8 Å². The van der Waals surface area contributed by atoms with Crippen LogP contribution in [0.1, 0.15) is 55.0 Å². The molecular weight excluding hydrogens is 905 g/mol. The first-order chi connectivity index (χ1) is 31.3. The maximum atomic E-state index is 13.7. The van der Waals surface area contributed by atoms with Crippen LogP contribution >= 0.6 is 23.1 Å². The van der Waals surface area contributed by atoms with Gasteiger partial charge in [-0.3, -0.25) is 24.8 Å². The number of anilines is 6. The summed E-state index contributed by atoms with van der Waals surface area (Å²) < 4.78 is 20.3. The summed E-state index contributed by atoms with van der Waals surface area (Å²) in [6.07, 6.45) is 7.66. The Morgan fingerprint density at radius 2 is 1.72 bits per heavy atom.